The lowest BCUT2D eigenvalue weighted by Gasteiger charge is -2.35. The number of hydrogen-bond acceptors (Lipinski definition) is 8. The van der Waals surface area contributed by atoms with Crippen molar-refractivity contribution < 1.29 is 17.9 Å². The van der Waals surface area contributed by atoms with Crippen LogP contribution in [0.4, 0.5) is 5.82 Å². The van der Waals surface area contributed by atoms with Crippen molar-refractivity contribution in [3.05, 3.63) is 65.6 Å². The molecule has 10 nitrogen and oxygen atoms in total. The Morgan fingerprint density at radius 2 is 2.00 bits per heavy atom. The highest BCUT2D eigenvalue weighted by Crippen LogP contribution is 2.44. The highest BCUT2D eigenvalue weighted by Gasteiger charge is 2.45. The van der Waals surface area contributed by atoms with Gasteiger partial charge in [-0.2, -0.15) is 0 Å². The summed E-state index contributed by atoms with van der Waals surface area (Å²) in [6, 6.07) is 10.2. The molecule has 0 spiro atoms. The minimum Gasteiger partial charge on any atom is -0.377 e. The predicted octanol–water partition coefficient (Wildman–Crippen LogP) is 3.54. The van der Waals surface area contributed by atoms with Crippen molar-refractivity contribution in [1.82, 2.24) is 24.8 Å². The van der Waals surface area contributed by atoms with Crippen LogP contribution in [0.1, 0.15) is 42.4 Å². The van der Waals surface area contributed by atoms with Crippen LogP contribution in [0.25, 0.3) is 22.4 Å². The van der Waals surface area contributed by atoms with E-state index in [1.165, 1.54) is 12.1 Å². The molecule has 11 heteroatoms. The Balaban J connectivity index is 1.50. The van der Waals surface area contributed by atoms with E-state index in [9.17, 15) is 13.2 Å². The summed E-state index contributed by atoms with van der Waals surface area (Å²) in [6.45, 7) is 8.18. The molecule has 4 aromatic rings. The van der Waals surface area contributed by atoms with Gasteiger partial charge in [-0.3, -0.25) is 4.79 Å². The summed E-state index contributed by atoms with van der Waals surface area (Å²) in [6.07, 6.45) is 4.71. The topological polar surface area (TPSA) is 121 Å². The Morgan fingerprint density at radius 1 is 1.18 bits per heavy atom. The summed E-state index contributed by atoms with van der Waals surface area (Å²) in [7, 11) is -3.46. The Morgan fingerprint density at radius 3 is 2.77 bits per heavy atom. The number of rotatable bonds is 4. The Kier molecular flexibility index (Phi) is 5.96. The van der Waals surface area contributed by atoms with Gasteiger partial charge in [0.1, 0.15) is 11.5 Å². The number of H-pyrrole nitrogens is 1. The number of benzene rings is 1. The quantitative estimate of drug-likeness (QED) is 0.413. The smallest absolute Gasteiger partial charge is 0.254 e. The first kappa shape index (κ1) is 25.4. The zero-order valence-electron chi connectivity index (χ0n) is 22.3. The van der Waals surface area contributed by atoms with Crippen LogP contribution in [0.2, 0.25) is 0 Å². The third-order valence-corrected chi connectivity index (χ3v) is 8.76. The minimum absolute atomic E-state index is 0.0922. The molecule has 2 aliphatic heterocycles. The van der Waals surface area contributed by atoms with Crippen molar-refractivity contribution >= 4 is 32.6 Å². The predicted molar refractivity (Wildman–Crippen MR) is 147 cm³/mol. The van der Waals surface area contributed by atoms with E-state index in [1.807, 2.05) is 32.2 Å². The fourth-order valence-corrected chi connectivity index (χ4v) is 6.17. The molecule has 1 aromatic carbocycles. The number of fused-ring (bicyclic) bond motifs is 2. The largest absolute Gasteiger partial charge is 0.377 e. The van der Waals surface area contributed by atoms with Crippen LogP contribution in [0.3, 0.4) is 0 Å². The third-order valence-electron chi connectivity index (χ3n) is 7.65. The van der Waals surface area contributed by atoms with Gasteiger partial charge >= 0.3 is 0 Å². The number of pyridine rings is 1. The molecule has 1 amide bonds. The number of carbonyl (C=O) groups excluding carboxylic acids is 1. The fraction of sp³-hybridized carbons (Fsp3) is 0.357. The lowest BCUT2D eigenvalue weighted by molar-refractivity contribution is 0.0570. The van der Waals surface area contributed by atoms with Gasteiger partial charge in [-0.25, -0.2) is 23.4 Å². The number of aromatic amines is 1. The average Bonchev–Trinajstić information content (AvgIpc) is 3.50. The van der Waals surface area contributed by atoms with Gasteiger partial charge in [0.25, 0.3) is 5.91 Å². The van der Waals surface area contributed by atoms with Gasteiger partial charge in [0.2, 0.25) is 0 Å². The molecule has 0 aliphatic carbocycles. The standard InChI is InChI=1S/C28H30N6O4S/c1-17-16-38-13-12-33(17)26-22-15-34(27(35)18-6-5-7-19(14-18)39(4,36)37)28(2,3)23(22)31-25(32-26)21-9-11-30-24-20(21)8-10-29-24/h5-11,14,17H,12-13,15-16H2,1-4H3,(H,29,30)/t17-/m1/s1. The number of hydrogen-bond donors (Lipinski definition) is 1. The number of morpholine rings is 1. The lowest BCUT2D eigenvalue weighted by Crippen LogP contribution is -2.44. The number of nitrogens with zero attached hydrogens (tertiary/aromatic N) is 5. The van der Waals surface area contributed by atoms with Crippen LogP contribution in [-0.2, 0) is 26.7 Å². The summed E-state index contributed by atoms with van der Waals surface area (Å²) in [5.41, 5.74) is 2.81. The highest BCUT2D eigenvalue weighted by molar-refractivity contribution is 7.90. The van der Waals surface area contributed by atoms with Crippen molar-refractivity contribution in [3.63, 3.8) is 0 Å². The zero-order chi connectivity index (χ0) is 27.5. The van der Waals surface area contributed by atoms with Gasteiger partial charge in [-0.05, 0) is 51.1 Å². The van der Waals surface area contributed by atoms with E-state index < -0.39 is 15.4 Å². The van der Waals surface area contributed by atoms with Crippen LogP contribution < -0.4 is 4.90 Å². The molecule has 2 aliphatic rings. The SMILES string of the molecule is C[C@@H]1COCCN1c1nc(-c2ccnc3[nH]ccc23)nc2c1CN(C(=O)c1cccc(S(C)(=O)=O)c1)C2(C)C. The number of ether oxygens (including phenoxy) is 1. The molecule has 0 saturated carbocycles. The average molecular weight is 547 g/mol. The summed E-state index contributed by atoms with van der Waals surface area (Å²) in [5.74, 6) is 1.10. The number of carbonyl (C=O) groups is 1. The zero-order valence-corrected chi connectivity index (χ0v) is 23.1. The van der Waals surface area contributed by atoms with E-state index >= 15 is 0 Å². The van der Waals surface area contributed by atoms with Crippen molar-refractivity contribution in [3.8, 4) is 11.4 Å². The maximum atomic E-state index is 13.9. The molecule has 1 N–H and O–H groups in total. The van der Waals surface area contributed by atoms with Crippen molar-refractivity contribution in [1.29, 1.82) is 0 Å². The van der Waals surface area contributed by atoms with Gasteiger partial charge in [0, 0.05) is 47.3 Å². The van der Waals surface area contributed by atoms with Crippen LogP contribution >= 0.6 is 0 Å². The van der Waals surface area contributed by atoms with E-state index in [2.05, 4.69) is 21.8 Å². The van der Waals surface area contributed by atoms with Crippen molar-refractivity contribution in [2.75, 3.05) is 30.9 Å². The molecule has 3 aromatic heterocycles. The van der Waals surface area contributed by atoms with Gasteiger partial charge in [0.15, 0.2) is 15.7 Å². The number of anilines is 1. The molecule has 0 unspecified atom stereocenters. The van der Waals surface area contributed by atoms with Crippen LogP contribution in [0.5, 0.6) is 0 Å². The molecule has 1 fully saturated rings. The van der Waals surface area contributed by atoms with E-state index in [-0.39, 0.29) is 16.8 Å². The number of nitrogens with one attached hydrogen (secondary N) is 1. The maximum Gasteiger partial charge on any atom is 0.254 e. The Labute approximate surface area is 227 Å². The minimum atomic E-state index is -3.46. The molecule has 0 bridgehead atoms. The second-order valence-electron chi connectivity index (χ2n) is 10.7. The highest BCUT2D eigenvalue weighted by atomic mass is 32.2. The van der Waals surface area contributed by atoms with Gasteiger partial charge in [-0.15, -0.1) is 0 Å². The summed E-state index contributed by atoms with van der Waals surface area (Å²) < 4.78 is 30.0. The molecular weight excluding hydrogens is 516 g/mol. The van der Waals surface area contributed by atoms with Crippen molar-refractivity contribution in [2.45, 2.75) is 43.8 Å². The molecule has 5 heterocycles. The van der Waals surface area contributed by atoms with Crippen LogP contribution in [-0.4, -0.2) is 71.2 Å². The molecule has 39 heavy (non-hydrogen) atoms. The monoisotopic (exact) mass is 546 g/mol. The molecule has 6 rings (SSSR count). The van der Waals surface area contributed by atoms with Gasteiger partial charge in [0.05, 0.1) is 41.9 Å². The number of sulfone groups is 1. The first-order valence-corrected chi connectivity index (χ1v) is 14.7. The van der Waals surface area contributed by atoms with E-state index in [0.717, 1.165) is 39.9 Å². The third kappa shape index (κ3) is 4.25. The van der Waals surface area contributed by atoms with Gasteiger partial charge in [-0.1, -0.05) is 6.07 Å². The van der Waals surface area contributed by atoms with Crippen LogP contribution in [0, 0.1) is 0 Å². The van der Waals surface area contributed by atoms with E-state index in [4.69, 9.17) is 14.7 Å². The van der Waals surface area contributed by atoms with Crippen LogP contribution in [0.15, 0.2) is 53.7 Å². The van der Waals surface area contributed by atoms with E-state index in [1.54, 1.807) is 23.2 Å². The summed E-state index contributed by atoms with van der Waals surface area (Å²) in [4.78, 5) is 35.7. The van der Waals surface area contributed by atoms with Crippen molar-refractivity contribution in [2.24, 2.45) is 0 Å². The molecule has 1 saturated heterocycles. The number of amides is 1. The maximum absolute atomic E-state index is 13.9. The molecule has 202 valence electrons. The molecule has 1 atom stereocenters. The molecular formula is C28H30N6O4S. The normalized spacial score (nSPS) is 18.9. The lowest BCUT2D eigenvalue weighted by atomic mass is 9.98. The first-order valence-electron chi connectivity index (χ1n) is 12.9. The molecule has 0 radical (unpaired) electrons. The summed E-state index contributed by atoms with van der Waals surface area (Å²) >= 11 is 0. The fourth-order valence-electron chi connectivity index (χ4n) is 5.50. The summed E-state index contributed by atoms with van der Waals surface area (Å²) in [5, 5.41) is 0.916. The number of aromatic nitrogens is 4. The Bertz CT molecular complexity index is 1710. The second kappa shape index (κ2) is 9.13. The first-order chi connectivity index (χ1) is 18.6. The van der Waals surface area contributed by atoms with Gasteiger partial charge < -0.3 is 19.5 Å². The van der Waals surface area contributed by atoms with E-state index in [0.29, 0.717) is 37.7 Å². The Hall–Kier alpha value is -3.83. The second-order valence-corrected chi connectivity index (χ2v) is 12.7.